The zero-order valence-corrected chi connectivity index (χ0v) is 20.4. The molecule has 0 radical (unpaired) electrons. The number of benzene rings is 3. The van der Waals surface area contributed by atoms with Gasteiger partial charge in [0.25, 0.3) is 0 Å². The van der Waals surface area contributed by atoms with Crippen molar-refractivity contribution in [3.05, 3.63) is 91.0 Å². The minimum absolute atomic E-state index is 0.232. The van der Waals surface area contributed by atoms with E-state index in [1.807, 2.05) is 0 Å². The molecule has 0 aromatic heterocycles. The summed E-state index contributed by atoms with van der Waals surface area (Å²) < 4.78 is 64.6. The van der Waals surface area contributed by atoms with Crippen LogP contribution < -0.4 is 0 Å². The Bertz CT molecular complexity index is 1080. The van der Waals surface area contributed by atoms with E-state index in [0.29, 0.717) is 21.1 Å². The fourth-order valence-corrected chi connectivity index (χ4v) is 8.65. The Balaban J connectivity index is 2.13. The molecule has 0 bridgehead atoms. The van der Waals surface area contributed by atoms with Crippen LogP contribution in [-0.4, -0.2) is 35.8 Å². The van der Waals surface area contributed by atoms with Crippen LogP contribution in [0, 0.1) is 0 Å². The molecule has 0 atom stereocenters. The third kappa shape index (κ3) is 5.43. The molecule has 0 aliphatic carbocycles. The summed E-state index contributed by atoms with van der Waals surface area (Å²) in [7, 11) is -8.78. The lowest BCUT2D eigenvalue weighted by molar-refractivity contribution is -0.161. The summed E-state index contributed by atoms with van der Waals surface area (Å²) in [6.07, 6.45) is 0.663. The summed E-state index contributed by atoms with van der Waals surface area (Å²) in [6, 6.07) is 25.0. The number of alkyl halides is 3. The quantitative estimate of drug-likeness (QED) is 0.0939. The van der Waals surface area contributed by atoms with Crippen molar-refractivity contribution in [3.8, 4) is 0 Å². The molecule has 0 aliphatic rings. The summed E-state index contributed by atoms with van der Waals surface area (Å²) in [4.78, 5) is 13.4. The van der Waals surface area contributed by atoms with Gasteiger partial charge in [-0.3, -0.25) is 3.63 Å². The topological polar surface area (TPSA) is 73.2 Å². The Morgan fingerprint density at radius 3 is 1.59 bits per heavy atom. The normalized spacial score (nSPS) is 12.8. The lowest BCUT2D eigenvalue weighted by atomic mass is 10.4. The van der Waals surface area contributed by atoms with Gasteiger partial charge in [0.2, 0.25) is 0 Å². The third-order valence-corrected chi connectivity index (χ3v) is 10.4. The number of esters is 1. The SMILES string of the molecule is O=C(OCCCCCl)C(F)(F)S(=O)(=O)[OH+]S(c1ccccc1)(c1ccccc1)c1ccccc1. The minimum Gasteiger partial charge on any atom is -0.460 e. The lowest BCUT2D eigenvalue weighted by Crippen LogP contribution is -2.42. The molecule has 3 aromatic rings. The number of hydrogen-bond acceptors (Lipinski definition) is 4. The van der Waals surface area contributed by atoms with Gasteiger partial charge in [-0.2, -0.15) is 8.78 Å². The highest BCUT2D eigenvalue weighted by Gasteiger charge is 2.63. The molecule has 0 saturated carbocycles. The second-order valence-corrected chi connectivity index (χ2v) is 12.1. The summed E-state index contributed by atoms with van der Waals surface area (Å²) in [5.74, 6) is -1.90. The summed E-state index contributed by atoms with van der Waals surface area (Å²) in [5, 5.41) is -4.87. The fourth-order valence-electron chi connectivity index (χ4n) is 3.13. The molecular formula is C24H24ClF2O5S2+. The molecule has 3 aromatic carbocycles. The van der Waals surface area contributed by atoms with Gasteiger partial charge in [-0.15, -0.1) is 20.0 Å². The van der Waals surface area contributed by atoms with Crippen molar-refractivity contribution in [1.82, 2.24) is 0 Å². The fraction of sp³-hybridized carbons (Fsp3) is 0.208. The zero-order valence-electron chi connectivity index (χ0n) is 18.0. The molecule has 0 aliphatic heterocycles. The Morgan fingerprint density at radius 2 is 1.21 bits per heavy atom. The van der Waals surface area contributed by atoms with E-state index < -0.39 is 31.7 Å². The number of halogens is 3. The highest BCUT2D eigenvalue weighted by Crippen LogP contribution is 2.68. The van der Waals surface area contributed by atoms with Crippen molar-refractivity contribution in [2.24, 2.45) is 0 Å². The van der Waals surface area contributed by atoms with Crippen LogP contribution >= 0.6 is 21.9 Å². The molecule has 182 valence electrons. The predicted molar refractivity (Wildman–Crippen MR) is 129 cm³/mol. The van der Waals surface area contributed by atoms with Gasteiger partial charge in [-0.1, -0.05) is 54.6 Å². The third-order valence-electron chi connectivity index (χ3n) is 4.79. The summed E-state index contributed by atoms with van der Waals surface area (Å²) >= 11 is 5.53. The van der Waals surface area contributed by atoms with Crippen molar-refractivity contribution in [2.45, 2.75) is 32.8 Å². The number of carbonyl (C=O) groups is 1. The van der Waals surface area contributed by atoms with Gasteiger partial charge in [-0.05, 0) is 49.2 Å². The monoisotopic (exact) mass is 529 g/mol. The summed E-state index contributed by atoms with van der Waals surface area (Å²) in [6.45, 7) is -0.370. The van der Waals surface area contributed by atoms with Gasteiger partial charge in [0.1, 0.15) is 0 Å². The minimum atomic E-state index is -5.68. The van der Waals surface area contributed by atoms with Gasteiger partial charge >= 0.3 is 21.3 Å². The van der Waals surface area contributed by atoms with Crippen LogP contribution in [0.25, 0.3) is 0 Å². The van der Waals surface area contributed by atoms with Gasteiger partial charge in [0.05, 0.1) is 31.6 Å². The van der Waals surface area contributed by atoms with Crippen LogP contribution in [-0.2, 0) is 19.6 Å². The molecular weight excluding hydrogens is 506 g/mol. The molecule has 34 heavy (non-hydrogen) atoms. The van der Waals surface area contributed by atoms with Crippen LogP contribution in [0.15, 0.2) is 106 Å². The number of carbonyl (C=O) groups excluding carboxylic acids is 1. The number of hydrogen-bond donors (Lipinski definition) is 0. The molecule has 5 nitrogen and oxygen atoms in total. The van der Waals surface area contributed by atoms with E-state index in [0.717, 1.165) is 0 Å². The van der Waals surface area contributed by atoms with E-state index in [9.17, 15) is 13.2 Å². The first-order chi connectivity index (χ1) is 16.3. The first-order valence-corrected chi connectivity index (χ1v) is 13.9. The van der Waals surface area contributed by atoms with E-state index in [4.69, 9.17) is 11.6 Å². The van der Waals surface area contributed by atoms with Crippen LogP contribution in [0.2, 0.25) is 0 Å². The van der Waals surface area contributed by atoms with Crippen LogP contribution in [0.1, 0.15) is 12.8 Å². The van der Waals surface area contributed by atoms with Gasteiger partial charge in [0.15, 0.2) is 0 Å². The summed E-state index contributed by atoms with van der Waals surface area (Å²) in [5.41, 5.74) is 0. The average Bonchev–Trinajstić information content (AvgIpc) is 2.86. The molecule has 0 saturated heterocycles. The smallest absolute Gasteiger partial charge is 0.460 e. The molecule has 1 N–H and O–H groups in total. The molecule has 0 fully saturated rings. The molecule has 0 unspecified atom stereocenters. The van der Waals surface area contributed by atoms with E-state index >= 15 is 8.78 Å². The molecule has 0 amide bonds. The van der Waals surface area contributed by atoms with E-state index in [1.54, 1.807) is 91.0 Å². The average molecular weight is 530 g/mol. The predicted octanol–water partition coefficient (Wildman–Crippen LogP) is 6.46. The zero-order chi connectivity index (χ0) is 24.7. The second-order valence-electron chi connectivity index (χ2n) is 7.12. The maximum atomic E-state index is 15.0. The van der Waals surface area contributed by atoms with E-state index in [2.05, 4.69) is 8.37 Å². The Morgan fingerprint density at radius 1 is 0.794 bits per heavy atom. The molecule has 0 heterocycles. The number of rotatable bonds is 11. The van der Waals surface area contributed by atoms with Crippen LogP contribution in [0.5, 0.6) is 0 Å². The maximum absolute atomic E-state index is 15.0. The maximum Gasteiger partial charge on any atom is 0.514 e. The van der Waals surface area contributed by atoms with Crippen molar-refractivity contribution >= 4 is 38.0 Å². The number of ether oxygens (including phenoxy) is 1. The highest BCUT2D eigenvalue weighted by molar-refractivity contribution is 8.32. The van der Waals surface area contributed by atoms with Gasteiger partial charge in [-0.25, -0.2) is 4.79 Å². The van der Waals surface area contributed by atoms with Crippen LogP contribution in [0.3, 0.4) is 0 Å². The van der Waals surface area contributed by atoms with Crippen molar-refractivity contribution in [2.75, 3.05) is 12.5 Å². The van der Waals surface area contributed by atoms with Crippen LogP contribution in [0.4, 0.5) is 8.78 Å². The largest absolute Gasteiger partial charge is 0.514 e. The lowest BCUT2D eigenvalue weighted by Gasteiger charge is -2.35. The molecule has 10 heteroatoms. The highest BCUT2D eigenvalue weighted by atomic mass is 35.5. The van der Waals surface area contributed by atoms with Gasteiger partial charge in [0, 0.05) is 5.88 Å². The first kappa shape index (κ1) is 26.2. The standard InChI is InChI=1S/C24H23ClF2O5S2/c25-18-10-11-19-31-23(28)24(26,27)34(29,30)32-33(20-12-4-1-5-13-20,21-14-6-2-7-15-21)22-16-8-3-9-17-22/h1-9,12-17H,10-11,18-19H2/p+1. The van der Waals surface area contributed by atoms with Crippen molar-refractivity contribution in [1.29, 1.82) is 0 Å². The van der Waals surface area contributed by atoms with Crippen molar-refractivity contribution in [3.63, 3.8) is 0 Å². The Labute approximate surface area is 204 Å². The van der Waals surface area contributed by atoms with Gasteiger partial charge < -0.3 is 4.74 Å². The van der Waals surface area contributed by atoms with E-state index in [1.165, 1.54) is 0 Å². The van der Waals surface area contributed by atoms with Crippen molar-refractivity contribution < 1.29 is 30.4 Å². The Kier molecular flexibility index (Phi) is 8.70. The first-order valence-electron chi connectivity index (χ1n) is 10.3. The molecule has 3 rings (SSSR count). The second kappa shape index (κ2) is 11.3. The van der Waals surface area contributed by atoms with E-state index in [-0.39, 0.29) is 18.9 Å². The number of unbranched alkanes of at least 4 members (excludes halogenated alkanes) is 1. The Hall–Kier alpha value is -2.46. The molecule has 0 spiro atoms.